The summed E-state index contributed by atoms with van der Waals surface area (Å²) in [5.41, 5.74) is 1.02. The Morgan fingerprint density at radius 1 is 1.33 bits per heavy atom. The molecular formula is C15H23NO2. The lowest BCUT2D eigenvalue weighted by Crippen LogP contribution is -2.53. The van der Waals surface area contributed by atoms with Crippen molar-refractivity contribution < 1.29 is 9.84 Å². The second kappa shape index (κ2) is 5.39. The number of aliphatic hydroxyl groups is 1. The van der Waals surface area contributed by atoms with Crippen molar-refractivity contribution >= 4 is 0 Å². The van der Waals surface area contributed by atoms with E-state index in [1.165, 1.54) is 5.56 Å². The summed E-state index contributed by atoms with van der Waals surface area (Å²) in [5, 5.41) is 13.6. The zero-order valence-corrected chi connectivity index (χ0v) is 11.4. The summed E-state index contributed by atoms with van der Waals surface area (Å²) in [7, 11) is 0. The highest BCUT2D eigenvalue weighted by Gasteiger charge is 2.35. The topological polar surface area (TPSA) is 41.5 Å². The molecule has 3 nitrogen and oxygen atoms in total. The maximum absolute atomic E-state index is 10.2. The molecule has 1 heterocycles. The summed E-state index contributed by atoms with van der Waals surface area (Å²) in [4.78, 5) is 0. The molecule has 1 fully saturated rings. The maximum Gasteiger partial charge on any atom is 0.0743 e. The van der Waals surface area contributed by atoms with E-state index in [1.807, 2.05) is 32.0 Å². The fourth-order valence-electron chi connectivity index (χ4n) is 2.45. The standard InChI is InChI=1S/C15H23NO2/c1-11(12-7-5-4-6-8-12)16-13-10-18-15(2,3)9-14(13)17/h4-8,11,13-14,16-17H,9-10H2,1-3H3. The summed E-state index contributed by atoms with van der Waals surface area (Å²) in [6, 6.07) is 10.5. The first-order valence-corrected chi connectivity index (χ1v) is 6.61. The molecule has 2 N–H and O–H groups in total. The fraction of sp³-hybridized carbons (Fsp3) is 0.600. The van der Waals surface area contributed by atoms with Crippen molar-refractivity contribution in [2.24, 2.45) is 0 Å². The molecule has 0 spiro atoms. The predicted octanol–water partition coefficient (Wildman–Crippen LogP) is 2.27. The lowest BCUT2D eigenvalue weighted by molar-refractivity contribution is -0.115. The number of benzene rings is 1. The van der Waals surface area contributed by atoms with Gasteiger partial charge in [0, 0.05) is 12.5 Å². The molecule has 0 saturated carbocycles. The average molecular weight is 249 g/mol. The second-order valence-electron chi connectivity index (χ2n) is 5.75. The molecule has 0 bridgehead atoms. The fourth-order valence-corrected chi connectivity index (χ4v) is 2.45. The van der Waals surface area contributed by atoms with Gasteiger partial charge in [0.2, 0.25) is 0 Å². The molecule has 3 unspecified atom stereocenters. The summed E-state index contributed by atoms with van der Waals surface area (Å²) < 4.78 is 5.76. The van der Waals surface area contributed by atoms with E-state index < -0.39 is 0 Å². The Labute approximate surface area is 109 Å². The lowest BCUT2D eigenvalue weighted by Gasteiger charge is -2.39. The second-order valence-corrected chi connectivity index (χ2v) is 5.75. The van der Waals surface area contributed by atoms with E-state index in [0.29, 0.717) is 13.0 Å². The van der Waals surface area contributed by atoms with E-state index in [1.54, 1.807) is 0 Å². The van der Waals surface area contributed by atoms with Crippen LogP contribution in [0.3, 0.4) is 0 Å². The highest BCUT2D eigenvalue weighted by Crippen LogP contribution is 2.25. The van der Waals surface area contributed by atoms with Gasteiger partial charge in [-0.2, -0.15) is 0 Å². The Hall–Kier alpha value is -0.900. The highest BCUT2D eigenvalue weighted by atomic mass is 16.5. The Kier molecular flexibility index (Phi) is 4.05. The third-order valence-corrected chi connectivity index (χ3v) is 3.58. The van der Waals surface area contributed by atoms with Gasteiger partial charge in [-0.15, -0.1) is 0 Å². The minimum absolute atomic E-state index is 0.00762. The van der Waals surface area contributed by atoms with Crippen LogP contribution in [-0.4, -0.2) is 29.5 Å². The van der Waals surface area contributed by atoms with Gasteiger partial charge < -0.3 is 15.2 Å². The van der Waals surface area contributed by atoms with Gasteiger partial charge in [-0.05, 0) is 26.3 Å². The molecule has 3 atom stereocenters. The van der Waals surface area contributed by atoms with Crippen LogP contribution in [0, 0.1) is 0 Å². The molecule has 100 valence electrons. The molecular weight excluding hydrogens is 226 g/mol. The summed E-state index contributed by atoms with van der Waals surface area (Å²) in [6.07, 6.45) is 0.325. The van der Waals surface area contributed by atoms with Crippen molar-refractivity contribution in [1.29, 1.82) is 0 Å². The Balaban J connectivity index is 1.94. The molecule has 0 amide bonds. The zero-order chi connectivity index (χ0) is 13.2. The number of nitrogens with one attached hydrogen (secondary N) is 1. The zero-order valence-electron chi connectivity index (χ0n) is 11.4. The van der Waals surface area contributed by atoms with Crippen LogP contribution in [0.2, 0.25) is 0 Å². The van der Waals surface area contributed by atoms with Crippen LogP contribution in [0.1, 0.15) is 38.8 Å². The van der Waals surface area contributed by atoms with Crippen molar-refractivity contribution in [3.63, 3.8) is 0 Å². The maximum atomic E-state index is 10.2. The number of aliphatic hydroxyl groups excluding tert-OH is 1. The van der Waals surface area contributed by atoms with Crippen LogP contribution in [0.4, 0.5) is 0 Å². The molecule has 18 heavy (non-hydrogen) atoms. The summed E-state index contributed by atoms with van der Waals surface area (Å²) >= 11 is 0. The smallest absolute Gasteiger partial charge is 0.0743 e. The number of ether oxygens (including phenoxy) is 1. The number of hydrogen-bond donors (Lipinski definition) is 2. The van der Waals surface area contributed by atoms with Gasteiger partial charge in [0.25, 0.3) is 0 Å². The molecule has 1 aromatic carbocycles. The molecule has 1 aliphatic rings. The van der Waals surface area contributed by atoms with E-state index in [9.17, 15) is 5.11 Å². The SMILES string of the molecule is CC(NC1COC(C)(C)CC1O)c1ccccc1. The van der Waals surface area contributed by atoms with E-state index in [0.717, 1.165) is 0 Å². The van der Waals surface area contributed by atoms with Crippen molar-refractivity contribution in [1.82, 2.24) is 5.32 Å². The van der Waals surface area contributed by atoms with Crippen molar-refractivity contribution in [3.05, 3.63) is 35.9 Å². The van der Waals surface area contributed by atoms with Gasteiger partial charge in [-0.1, -0.05) is 30.3 Å². The first kappa shape index (κ1) is 13.5. The van der Waals surface area contributed by atoms with E-state index in [-0.39, 0.29) is 23.8 Å². The first-order chi connectivity index (χ1) is 8.48. The van der Waals surface area contributed by atoms with Crippen LogP contribution >= 0.6 is 0 Å². The Bertz CT molecular complexity index is 377. The average Bonchev–Trinajstić information content (AvgIpc) is 2.33. The van der Waals surface area contributed by atoms with Gasteiger partial charge in [0.1, 0.15) is 0 Å². The van der Waals surface area contributed by atoms with Gasteiger partial charge in [-0.3, -0.25) is 0 Å². The molecule has 0 radical (unpaired) electrons. The first-order valence-electron chi connectivity index (χ1n) is 6.61. The molecule has 0 aromatic heterocycles. The predicted molar refractivity (Wildman–Crippen MR) is 72.4 cm³/mol. The van der Waals surface area contributed by atoms with Crippen molar-refractivity contribution in [2.45, 2.75) is 51.0 Å². The Morgan fingerprint density at radius 3 is 2.61 bits per heavy atom. The quantitative estimate of drug-likeness (QED) is 0.863. The third kappa shape index (κ3) is 3.31. The van der Waals surface area contributed by atoms with E-state index >= 15 is 0 Å². The highest BCUT2D eigenvalue weighted by molar-refractivity contribution is 5.18. The van der Waals surface area contributed by atoms with Crippen LogP contribution in [-0.2, 0) is 4.74 Å². The molecule has 1 saturated heterocycles. The van der Waals surface area contributed by atoms with Gasteiger partial charge in [-0.25, -0.2) is 0 Å². The number of hydrogen-bond acceptors (Lipinski definition) is 3. The van der Waals surface area contributed by atoms with Crippen molar-refractivity contribution in [3.8, 4) is 0 Å². The van der Waals surface area contributed by atoms with Crippen LogP contribution in [0.25, 0.3) is 0 Å². The van der Waals surface area contributed by atoms with E-state index in [4.69, 9.17) is 4.74 Å². The number of rotatable bonds is 3. The summed E-state index contributed by atoms with van der Waals surface area (Å²) in [6.45, 7) is 6.72. The van der Waals surface area contributed by atoms with Gasteiger partial charge >= 0.3 is 0 Å². The monoisotopic (exact) mass is 249 g/mol. The lowest BCUT2D eigenvalue weighted by atomic mass is 9.92. The van der Waals surface area contributed by atoms with Crippen LogP contribution in [0.5, 0.6) is 0 Å². The molecule has 1 aromatic rings. The van der Waals surface area contributed by atoms with Crippen LogP contribution < -0.4 is 5.32 Å². The van der Waals surface area contributed by atoms with E-state index in [2.05, 4.69) is 24.4 Å². The largest absolute Gasteiger partial charge is 0.391 e. The van der Waals surface area contributed by atoms with Crippen molar-refractivity contribution in [2.75, 3.05) is 6.61 Å². The minimum Gasteiger partial charge on any atom is -0.391 e. The molecule has 0 aliphatic carbocycles. The third-order valence-electron chi connectivity index (χ3n) is 3.58. The molecule has 2 rings (SSSR count). The van der Waals surface area contributed by atoms with Gasteiger partial charge in [0.05, 0.1) is 24.4 Å². The molecule has 1 aliphatic heterocycles. The van der Waals surface area contributed by atoms with Crippen LogP contribution in [0.15, 0.2) is 30.3 Å². The minimum atomic E-state index is -0.347. The Morgan fingerprint density at radius 2 is 2.00 bits per heavy atom. The molecule has 3 heteroatoms. The normalized spacial score (nSPS) is 28.9. The van der Waals surface area contributed by atoms with Gasteiger partial charge in [0.15, 0.2) is 0 Å². The summed E-state index contributed by atoms with van der Waals surface area (Å²) in [5.74, 6) is 0.